The Kier molecular flexibility index (Phi) is 4.02. The second-order valence-corrected chi connectivity index (χ2v) is 6.37. The van der Waals surface area contributed by atoms with Gasteiger partial charge in [0.25, 0.3) is 0 Å². The van der Waals surface area contributed by atoms with Crippen molar-refractivity contribution >= 4 is 22.9 Å². The van der Waals surface area contributed by atoms with Gasteiger partial charge in [-0.3, -0.25) is 9.69 Å². The first kappa shape index (κ1) is 16.1. The Morgan fingerprint density at radius 3 is 2.96 bits per heavy atom. The molecule has 0 unspecified atom stereocenters. The molecule has 0 radical (unpaired) electrons. The van der Waals surface area contributed by atoms with E-state index in [2.05, 4.69) is 26.4 Å². The molecular formula is C18H21N5O. The number of aliphatic imine (C=N–C) groups is 1. The molecule has 24 heavy (non-hydrogen) atoms. The van der Waals surface area contributed by atoms with Crippen LogP contribution in [-0.4, -0.2) is 38.9 Å². The third-order valence-corrected chi connectivity index (χ3v) is 4.40. The molecule has 3 rings (SSSR count). The van der Waals surface area contributed by atoms with Crippen molar-refractivity contribution in [3.05, 3.63) is 30.1 Å². The Bertz CT molecular complexity index is 886. The standard InChI is InChI=1S/C18H21N5O/c1-4-5-13-10-14-6-8-23(16(14)20-12-13)9-7-18(2)11-15(24)22(3)17(19)21-18/h6,8,10,12H,7,9,11H2,1-3H3,(H2,19,21)/t18-/m1/s1. The normalized spacial score (nSPS) is 20.7. The Morgan fingerprint density at radius 1 is 1.46 bits per heavy atom. The summed E-state index contributed by atoms with van der Waals surface area (Å²) in [5, 5.41) is 1.06. The maximum absolute atomic E-state index is 12.0. The van der Waals surface area contributed by atoms with Crippen molar-refractivity contribution in [3.63, 3.8) is 0 Å². The second-order valence-electron chi connectivity index (χ2n) is 6.37. The number of carbonyl (C=O) groups is 1. The summed E-state index contributed by atoms with van der Waals surface area (Å²) in [7, 11) is 1.65. The van der Waals surface area contributed by atoms with Gasteiger partial charge >= 0.3 is 0 Å². The van der Waals surface area contributed by atoms with Gasteiger partial charge < -0.3 is 10.3 Å². The second kappa shape index (κ2) is 6.00. The van der Waals surface area contributed by atoms with Gasteiger partial charge in [-0.15, -0.1) is 5.92 Å². The van der Waals surface area contributed by atoms with E-state index in [1.54, 1.807) is 13.2 Å². The van der Waals surface area contributed by atoms with Gasteiger partial charge in [-0.05, 0) is 32.4 Å². The zero-order chi connectivity index (χ0) is 17.3. The first-order chi connectivity index (χ1) is 11.4. The Balaban J connectivity index is 1.80. The Labute approximate surface area is 141 Å². The summed E-state index contributed by atoms with van der Waals surface area (Å²) in [4.78, 5) is 22.5. The molecule has 124 valence electrons. The van der Waals surface area contributed by atoms with Crippen LogP contribution in [0.2, 0.25) is 0 Å². The predicted molar refractivity (Wildman–Crippen MR) is 94.3 cm³/mol. The lowest BCUT2D eigenvalue weighted by Gasteiger charge is -2.33. The average molecular weight is 323 g/mol. The molecule has 1 atom stereocenters. The molecule has 1 aliphatic heterocycles. The topological polar surface area (TPSA) is 76.5 Å². The van der Waals surface area contributed by atoms with Gasteiger partial charge in [0, 0.05) is 36.9 Å². The summed E-state index contributed by atoms with van der Waals surface area (Å²) >= 11 is 0. The number of hydrogen-bond donors (Lipinski definition) is 1. The Morgan fingerprint density at radius 2 is 2.25 bits per heavy atom. The van der Waals surface area contributed by atoms with Crippen LogP contribution in [0.5, 0.6) is 0 Å². The molecule has 2 N–H and O–H groups in total. The number of aryl methyl sites for hydroxylation is 1. The predicted octanol–water partition coefficient (Wildman–Crippen LogP) is 1.73. The number of amides is 1. The number of aromatic nitrogens is 2. The van der Waals surface area contributed by atoms with Crippen LogP contribution in [0.25, 0.3) is 11.0 Å². The fraction of sp³-hybridized carbons (Fsp3) is 0.389. The van der Waals surface area contributed by atoms with E-state index < -0.39 is 5.54 Å². The van der Waals surface area contributed by atoms with E-state index in [-0.39, 0.29) is 11.9 Å². The van der Waals surface area contributed by atoms with Gasteiger partial charge in [0.05, 0.1) is 12.0 Å². The number of hydrogen-bond acceptors (Lipinski definition) is 4. The van der Waals surface area contributed by atoms with Crippen molar-refractivity contribution in [2.75, 3.05) is 7.05 Å². The fourth-order valence-corrected chi connectivity index (χ4v) is 2.94. The van der Waals surface area contributed by atoms with Gasteiger partial charge in [-0.25, -0.2) is 9.98 Å². The molecule has 2 aromatic heterocycles. The van der Waals surface area contributed by atoms with Crippen LogP contribution in [0.1, 0.15) is 32.3 Å². The molecule has 0 bridgehead atoms. The van der Waals surface area contributed by atoms with Gasteiger partial charge in [-0.1, -0.05) is 5.92 Å². The molecule has 0 aliphatic carbocycles. The quantitative estimate of drug-likeness (QED) is 0.874. The van der Waals surface area contributed by atoms with Gasteiger partial charge in [-0.2, -0.15) is 0 Å². The largest absolute Gasteiger partial charge is 0.369 e. The maximum Gasteiger partial charge on any atom is 0.231 e. The number of guanidine groups is 1. The first-order valence-electron chi connectivity index (χ1n) is 7.91. The molecule has 3 heterocycles. The van der Waals surface area contributed by atoms with E-state index in [9.17, 15) is 4.79 Å². The minimum Gasteiger partial charge on any atom is -0.369 e. The van der Waals surface area contributed by atoms with E-state index >= 15 is 0 Å². The summed E-state index contributed by atoms with van der Waals surface area (Å²) in [5.41, 5.74) is 7.20. The summed E-state index contributed by atoms with van der Waals surface area (Å²) in [6.07, 6.45) is 4.88. The van der Waals surface area contributed by atoms with E-state index in [0.717, 1.165) is 29.6 Å². The lowest BCUT2D eigenvalue weighted by Crippen LogP contribution is -2.48. The number of pyridine rings is 1. The third-order valence-electron chi connectivity index (χ3n) is 4.40. The molecule has 1 aliphatic rings. The van der Waals surface area contributed by atoms with Crippen LogP contribution in [0.15, 0.2) is 29.5 Å². The number of nitrogens with two attached hydrogens (primary N) is 1. The van der Waals surface area contributed by atoms with Crippen molar-refractivity contribution in [2.45, 2.75) is 38.8 Å². The van der Waals surface area contributed by atoms with Crippen LogP contribution in [-0.2, 0) is 11.3 Å². The Hall–Kier alpha value is -2.81. The van der Waals surface area contributed by atoms with E-state index in [0.29, 0.717) is 6.42 Å². The molecule has 6 heteroatoms. The highest BCUT2D eigenvalue weighted by molar-refractivity contribution is 5.98. The monoisotopic (exact) mass is 323 g/mol. The van der Waals surface area contributed by atoms with E-state index in [1.807, 2.05) is 32.2 Å². The smallest absolute Gasteiger partial charge is 0.231 e. The minimum absolute atomic E-state index is 0.00303. The van der Waals surface area contributed by atoms with Gasteiger partial charge in [0.2, 0.25) is 5.91 Å². The molecule has 6 nitrogen and oxygen atoms in total. The highest BCUT2D eigenvalue weighted by Crippen LogP contribution is 2.26. The summed E-state index contributed by atoms with van der Waals surface area (Å²) in [6.45, 7) is 4.50. The zero-order valence-corrected chi connectivity index (χ0v) is 14.2. The van der Waals surface area contributed by atoms with Crippen LogP contribution >= 0.6 is 0 Å². The van der Waals surface area contributed by atoms with Crippen molar-refractivity contribution in [1.82, 2.24) is 14.5 Å². The van der Waals surface area contributed by atoms with Crippen molar-refractivity contribution in [3.8, 4) is 11.8 Å². The van der Waals surface area contributed by atoms with E-state index in [4.69, 9.17) is 5.73 Å². The lowest BCUT2D eigenvalue weighted by molar-refractivity contribution is -0.128. The van der Waals surface area contributed by atoms with Crippen LogP contribution in [0.4, 0.5) is 0 Å². The lowest BCUT2D eigenvalue weighted by atomic mass is 9.92. The van der Waals surface area contributed by atoms with Crippen LogP contribution in [0.3, 0.4) is 0 Å². The SMILES string of the molecule is CC#Cc1cnc2c(ccn2CC[C@]2(C)CC(=O)N(C)C(N)=N2)c1. The zero-order valence-electron chi connectivity index (χ0n) is 14.2. The molecule has 0 fully saturated rings. The fourth-order valence-electron chi connectivity index (χ4n) is 2.94. The number of rotatable bonds is 3. The molecule has 1 amide bonds. The van der Waals surface area contributed by atoms with Crippen LogP contribution < -0.4 is 5.73 Å². The number of carbonyl (C=O) groups excluding carboxylic acids is 1. The number of fused-ring (bicyclic) bond motifs is 1. The molecule has 0 spiro atoms. The summed E-state index contributed by atoms with van der Waals surface area (Å²) in [5.74, 6) is 6.19. The highest BCUT2D eigenvalue weighted by atomic mass is 16.2. The summed E-state index contributed by atoms with van der Waals surface area (Å²) < 4.78 is 2.08. The molecule has 2 aromatic rings. The van der Waals surface area contributed by atoms with Gasteiger partial charge in [0.15, 0.2) is 5.96 Å². The van der Waals surface area contributed by atoms with Crippen molar-refractivity contribution < 1.29 is 4.79 Å². The minimum atomic E-state index is -0.474. The highest BCUT2D eigenvalue weighted by Gasteiger charge is 2.34. The summed E-state index contributed by atoms with van der Waals surface area (Å²) in [6, 6.07) is 4.06. The molecule has 0 saturated carbocycles. The maximum atomic E-state index is 12.0. The average Bonchev–Trinajstić information content (AvgIpc) is 2.93. The van der Waals surface area contributed by atoms with E-state index in [1.165, 1.54) is 4.90 Å². The molecule has 0 saturated heterocycles. The first-order valence-corrected chi connectivity index (χ1v) is 7.91. The number of nitrogens with zero attached hydrogens (tertiary/aromatic N) is 4. The third kappa shape index (κ3) is 2.98. The van der Waals surface area contributed by atoms with Crippen LogP contribution in [0, 0.1) is 11.8 Å². The van der Waals surface area contributed by atoms with Crippen molar-refractivity contribution in [1.29, 1.82) is 0 Å². The van der Waals surface area contributed by atoms with Gasteiger partial charge in [0.1, 0.15) is 5.65 Å². The molecule has 0 aromatic carbocycles. The molecular weight excluding hydrogens is 302 g/mol. The van der Waals surface area contributed by atoms with Crippen molar-refractivity contribution in [2.24, 2.45) is 10.7 Å².